The molecule has 4 atom stereocenters. The van der Waals surface area contributed by atoms with E-state index in [4.69, 9.17) is 34.7 Å². The number of halogens is 1. The average Bonchev–Trinajstić information content (AvgIpc) is 3.84. The molecule has 0 bridgehead atoms. The van der Waals surface area contributed by atoms with Crippen LogP contribution in [0.2, 0.25) is 0 Å². The number of hydrogen-bond donors (Lipinski definition) is 0. The van der Waals surface area contributed by atoms with Crippen LogP contribution in [0.3, 0.4) is 0 Å². The number of ketones is 1. The number of carbonyl (C=O) groups excluding carboxylic acids is 1. The fraction of sp³-hybridized carbons (Fsp3) is 0.268. The number of nitrogens with zero attached hydrogens (tertiary/aromatic N) is 5. The molecule has 1 fully saturated rings. The normalized spacial score (nSPS) is 18.3. The van der Waals surface area contributed by atoms with Gasteiger partial charge in [0.25, 0.3) is 0 Å². The van der Waals surface area contributed by atoms with Gasteiger partial charge < -0.3 is 23.5 Å². The number of carbonyl (C=O) groups is 1. The van der Waals surface area contributed by atoms with E-state index in [9.17, 15) is 9.36 Å². The van der Waals surface area contributed by atoms with E-state index in [0.29, 0.717) is 40.3 Å². The van der Waals surface area contributed by atoms with Crippen molar-refractivity contribution in [1.29, 1.82) is 0 Å². The summed E-state index contributed by atoms with van der Waals surface area (Å²) in [5.41, 5.74) is 3.40. The summed E-state index contributed by atoms with van der Waals surface area (Å²) in [5.74, 6) is 1.30. The summed E-state index contributed by atoms with van der Waals surface area (Å²) in [6, 6.07) is 34.5. The maximum Gasteiger partial charge on any atom is 0.362 e. The van der Waals surface area contributed by atoms with Crippen molar-refractivity contribution >= 4 is 35.1 Å². The molecule has 0 amide bonds. The molecule has 284 valence electrons. The first kappa shape index (κ1) is 38.3. The Hall–Kier alpha value is -4.94. The van der Waals surface area contributed by atoms with Gasteiger partial charge >= 0.3 is 6.87 Å². The number of ether oxygens (including phenoxy) is 4. The highest BCUT2D eigenvalue weighted by Gasteiger charge is 2.47. The van der Waals surface area contributed by atoms with Crippen molar-refractivity contribution in [3.63, 3.8) is 0 Å². The predicted octanol–water partition coefficient (Wildman–Crippen LogP) is 7.86. The molecule has 0 saturated carbocycles. The molecule has 1 saturated heterocycles. The van der Waals surface area contributed by atoms with Crippen LogP contribution in [0.15, 0.2) is 122 Å². The summed E-state index contributed by atoms with van der Waals surface area (Å²) in [6.45, 7) is -3.83. The molecule has 12 nitrogen and oxygen atoms in total. The van der Waals surface area contributed by atoms with Crippen molar-refractivity contribution in [2.75, 3.05) is 34.9 Å². The van der Waals surface area contributed by atoms with Crippen LogP contribution in [-0.4, -0.2) is 77.1 Å². The molecule has 0 spiro atoms. The first-order valence-electron chi connectivity index (χ1n) is 17.7. The van der Waals surface area contributed by atoms with Gasteiger partial charge in [-0.25, -0.2) is 19.6 Å². The Morgan fingerprint density at radius 1 is 0.855 bits per heavy atom. The average molecular weight is 782 g/mol. The van der Waals surface area contributed by atoms with Crippen molar-refractivity contribution < 1.29 is 32.8 Å². The van der Waals surface area contributed by atoms with E-state index in [2.05, 4.69) is 15.0 Å². The first-order chi connectivity index (χ1) is 26.6. The lowest BCUT2D eigenvalue weighted by molar-refractivity contribution is -0.0959. The molecule has 4 aromatic carbocycles. The molecule has 1 unspecified atom stereocenters. The van der Waals surface area contributed by atoms with E-state index in [1.807, 2.05) is 97.1 Å². The largest absolute Gasteiger partial charge is 0.497 e. The third kappa shape index (κ3) is 7.93. The minimum Gasteiger partial charge on any atom is -0.497 e. The Labute approximate surface area is 324 Å². The molecular weight excluding hydrogens is 741 g/mol. The molecule has 0 radical (unpaired) electrons. The Morgan fingerprint density at radius 3 is 2.02 bits per heavy atom. The number of benzene rings is 4. The molecule has 1 aliphatic rings. The summed E-state index contributed by atoms with van der Waals surface area (Å²) >= 11 is 6.37. The highest BCUT2D eigenvalue weighted by Crippen LogP contribution is 2.55. The molecule has 2 aromatic heterocycles. The lowest BCUT2D eigenvalue weighted by atomic mass is 9.79. The van der Waals surface area contributed by atoms with E-state index < -0.39 is 30.9 Å². The molecule has 1 aliphatic heterocycles. The van der Waals surface area contributed by atoms with Gasteiger partial charge in [-0.05, 0) is 66.3 Å². The highest BCUT2D eigenvalue weighted by atomic mass is 35.7. The SMILES string of the molecule is COc1ccc(C(O[C@H]2C[C@H](n3cnc4c(CC(=O)c5ccccc5)ncnc43)O[C@@H]2COP(=O)(Cl)N(C)C)(c2ccccc2)c2ccc(OC)cc2)cc1. The van der Waals surface area contributed by atoms with Crippen LogP contribution in [0.25, 0.3) is 11.2 Å². The summed E-state index contributed by atoms with van der Waals surface area (Å²) in [7, 11) is 6.42. The predicted molar refractivity (Wildman–Crippen MR) is 209 cm³/mol. The number of rotatable bonds is 15. The molecule has 55 heavy (non-hydrogen) atoms. The fourth-order valence-electron chi connectivity index (χ4n) is 6.80. The number of imidazole rings is 1. The van der Waals surface area contributed by atoms with E-state index in [-0.39, 0.29) is 18.8 Å². The zero-order valence-corrected chi connectivity index (χ0v) is 32.5. The maximum atomic E-state index is 13.2. The van der Waals surface area contributed by atoms with Crippen molar-refractivity contribution in [1.82, 2.24) is 24.2 Å². The van der Waals surface area contributed by atoms with Crippen LogP contribution in [0.1, 0.15) is 45.4 Å². The Balaban J connectivity index is 1.30. The second kappa shape index (κ2) is 16.4. The molecule has 7 rings (SSSR count). The molecule has 0 aliphatic carbocycles. The minimum atomic E-state index is -3.68. The van der Waals surface area contributed by atoms with Crippen molar-refractivity contribution in [3.05, 3.63) is 150 Å². The summed E-state index contributed by atoms with van der Waals surface area (Å²) in [4.78, 5) is 26.8. The standard InChI is InChI=1S/C41H41ClN5O7P/c1-46(2)55(42,49)52-25-37-36(24-38(53-37)47-27-45-39-34(43-26-44-40(39)47)23-35(48)28-11-7-5-8-12-28)54-41(29-13-9-6-10-14-29,30-15-19-32(50-3)20-16-30)31-17-21-33(51-4)22-18-31/h5-22,26-27,36-38H,23-25H2,1-4H3/t36-,37+,38+,55?/m0/s1. The number of fused-ring (bicyclic) bond motifs is 1. The summed E-state index contributed by atoms with van der Waals surface area (Å²) in [6.07, 6.45) is 1.35. The molecule has 14 heteroatoms. The van der Waals surface area contributed by atoms with Crippen molar-refractivity contribution in [2.45, 2.75) is 36.9 Å². The zero-order chi connectivity index (χ0) is 38.6. The number of Topliss-reactive ketones (excluding diaryl/α,β-unsaturated/α-hetero) is 1. The van der Waals surface area contributed by atoms with Gasteiger partial charge in [-0.3, -0.25) is 13.9 Å². The van der Waals surface area contributed by atoms with Crippen LogP contribution >= 0.6 is 18.1 Å². The second-order valence-electron chi connectivity index (χ2n) is 13.2. The van der Waals surface area contributed by atoms with Crippen molar-refractivity contribution in [3.8, 4) is 11.5 Å². The summed E-state index contributed by atoms with van der Waals surface area (Å²) < 4.78 is 47.5. The van der Waals surface area contributed by atoms with E-state index in [1.54, 1.807) is 51.3 Å². The lowest BCUT2D eigenvalue weighted by Crippen LogP contribution is -2.41. The van der Waals surface area contributed by atoms with Crippen LogP contribution < -0.4 is 9.47 Å². The molecular formula is C41H41ClN5O7P. The summed E-state index contributed by atoms with van der Waals surface area (Å²) in [5, 5.41) is 0. The minimum absolute atomic E-state index is 0.0482. The monoisotopic (exact) mass is 781 g/mol. The fourth-order valence-corrected chi connectivity index (χ4v) is 7.53. The van der Waals surface area contributed by atoms with Crippen LogP contribution in [0.5, 0.6) is 11.5 Å². The first-order valence-corrected chi connectivity index (χ1v) is 20.2. The van der Waals surface area contributed by atoms with Crippen LogP contribution in [0.4, 0.5) is 0 Å². The van der Waals surface area contributed by atoms with Crippen LogP contribution in [0, 0.1) is 0 Å². The van der Waals surface area contributed by atoms with Gasteiger partial charge in [0.15, 0.2) is 11.4 Å². The van der Waals surface area contributed by atoms with Gasteiger partial charge in [0.05, 0.1) is 45.4 Å². The number of methoxy groups -OCH3 is 2. The van der Waals surface area contributed by atoms with Gasteiger partial charge in [0, 0.05) is 12.0 Å². The molecule has 6 aromatic rings. The quantitative estimate of drug-likeness (QED) is 0.0574. The van der Waals surface area contributed by atoms with Gasteiger partial charge in [-0.15, -0.1) is 0 Å². The Kier molecular flexibility index (Phi) is 11.4. The zero-order valence-electron chi connectivity index (χ0n) is 30.8. The topological polar surface area (TPSA) is 127 Å². The Bertz CT molecular complexity index is 2230. The maximum absolute atomic E-state index is 13.2. The second-order valence-corrected chi connectivity index (χ2v) is 16.5. The highest BCUT2D eigenvalue weighted by molar-refractivity contribution is 7.83. The molecule has 0 N–H and O–H groups in total. The third-order valence-electron chi connectivity index (χ3n) is 9.73. The lowest BCUT2D eigenvalue weighted by Gasteiger charge is -2.39. The molecule has 3 heterocycles. The number of hydrogen-bond acceptors (Lipinski definition) is 10. The van der Waals surface area contributed by atoms with Gasteiger partial charge in [-0.1, -0.05) is 84.9 Å². The van der Waals surface area contributed by atoms with E-state index in [0.717, 1.165) is 16.7 Å². The van der Waals surface area contributed by atoms with E-state index in [1.165, 1.54) is 11.0 Å². The van der Waals surface area contributed by atoms with Gasteiger partial charge in [0.1, 0.15) is 41.3 Å². The smallest absolute Gasteiger partial charge is 0.362 e. The van der Waals surface area contributed by atoms with Gasteiger partial charge in [-0.2, -0.15) is 0 Å². The third-order valence-corrected chi connectivity index (χ3v) is 12.3. The van der Waals surface area contributed by atoms with E-state index >= 15 is 0 Å². The van der Waals surface area contributed by atoms with Crippen LogP contribution in [-0.2, 0) is 30.6 Å². The Morgan fingerprint density at radius 2 is 1.44 bits per heavy atom. The van der Waals surface area contributed by atoms with Crippen molar-refractivity contribution in [2.24, 2.45) is 0 Å². The van der Waals surface area contributed by atoms with Gasteiger partial charge in [0.2, 0.25) is 0 Å². The number of aromatic nitrogens is 4.